The van der Waals surface area contributed by atoms with E-state index in [1.54, 1.807) is 32.2 Å². The van der Waals surface area contributed by atoms with Gasteiger partial charge in [-0.1, -0.05) is 6.07 Å². The van der Waals surface area contributed by atoms with E-state index in [2.05, 4.69) is 10.3 Å². The molecule has 0 bridgehead atoms. The van der Waals surface area contributed by atoms with Gasteiger partial charge in [-0.25, -0.2) is 9.59 Å². The summed E-state index contributed by atoms with van der Waals surface area (Å²) in [7, 11) is 5.12. The second kappa shape index (κ2) is 8.62. The minimum absolute atomic E-state index is 0.258. The normalized spacial score (nSPS) is 17.2. The van der Waals surface area contributed by atoms with Crippen LogP contribution in [0.4, 0.5) is 0 Å². The SMILES string of the molecule is COC(=O)C1=C(C)NC(C)=C(C(=O)OCCN(C)C)C1c1ccccn1. The van der Waals surface area contributed by atoms with Gasteiger partial charge in [0.1, 0.15) is 6.61 Å². The Morgan fingerprint density at radius 1 is 1.15 bits per heavy atom. The van der Waals surface area contributed by atoms with Gasteiger partial charge in [0, 0.05) is 24.1 Å². The number of esters is 2. The molecule has 1 N–H and O–H groups in total. The summed E-state index contributed by atoms with van der Waals surface area (Å²) in [5.74, 6) is -1.62. The van der Waals surface area contributed by atoms with Crippen molar-refractivity contribution in [1.82, 2.24) is 15.2 Å². The van der Waals surface area contributed by atoms with Crippen LogP contribution in [0.15, 0.2) is 46.9 Å². The number of methoxy groups -OCH3 is 1. The van der Waals surface area contributed by atoms with Crippen LogP contribution in [-0.2, 0) is 19.1 Å². The van der Waals surface area contributed by atoms with Crippen molar-refractivity contribution < 1.29 is 19.1 Å². The number of carbonyl (C=O) groups excluding carboxylic acids is 2. The van der Waals surface area contributed by atoms with Gasteiger partial charge in [0.2, 0.25) is 0 Å². The summed E-state index contributed by atoms with van der Waals surface area (Å²) < 4.78 is 10.4. The van der Waals surface area contributed by atoms with E-state index in [-0.39, 0.29) is 6.61 Å². The van der Waals surface area contributed by atoms with Gasteiger partial charge in [0.25, 0.3) is 0 Å². The molecule has 1 aromatic rings. The Labute approximate surface area is 153 Å². The average Bonchev–Trinajstić information content (AvgIpc) is 2.60. The van der Waals surface area contributed by atoms with Crippen LogP contribution in [0.2, 0.25) is 0 Å². The smallest absolute Gasteiger partial charge is 0.336 e. The number of dihydropyridines is 1. The molecule has 140 valence electrons. The van der Waals surface area contributed by atoms with E-state index < -0.39 is 17.9 Å². The number of hydrogen-bond donors (Lipinski definition) is 1. The fourth-order valence-corrected chi connectivity index (χ4v) is 2.89. The summed E-state index contributed by atoms with van der Waals surface area (Å²) in [6.45, 7) is 4.43. The fourth-order valence-electron chi connectivity index (χ4n) is 2.89. The van der Waals surface area contributed by atoms with Crippen LogP contribution in [0.5, 0.6) is 0 Å². The molecule has 0 radical (unpaired) electrons. The van der Waals surface area contributed by atoms with Crippen molar-refractivity contribution in [2.75, 3.05) is 34.4 Å². The van der Waals surface area contributed by atoms with E-state index in [1.807, 2.05) is 25.1 Å². The van der Waals surface area contributed by atoms with Gasteiger partial charge in [-0.05, 0) is 40.1 Å². The molecule has 2 rings (SSSR count). The first-order chi connectivity index (χ1) is 12.4. The molecule has 0 saturated carbocycles. The Bertz CT molecular complexity index is 738. The van der Waals surface area contributed by atoms with Crippen molar-refractivity contribution in [3.05, 3.63) is 52.6 Å². The Hall–Kier alpha value is -2.67. The van der Waals surface area contributed by atoms with Crippen LogP contribution in [0.25, 0.3) is 0 Å². The molecule has 1 atom stereocenters. The number of allylic oxidation sites excluding steroid dienone is 2. The highest BCUT2D eigenvalue weighted by molar-refractivity contribution is 5.99. The molecule has 0 aromatic carbocycles. The lowest BCUT2D eigenvalue weighted by Crippen LogP contribution is -2.33. The van der Waals surface area contributed by atoms with Crippen molar-refractivity contribution in [3.63, 3.8) is 0 Å². The molecule has 0 saturated heterocycles. The molecular weight excluding hydrogens is 334 g/mol. The van der Waals surface area contributed by atoms with Crippen molar-refractivity contribution in [1.29, 1.82) is 0 Å². The van der Waals surface area contributed by atoms with Crippen molar-refractivity contribution in [3.8, 4) is 0 Å². The Balaban J connectivity index is 2.45. The van der Waals surface area contributed by atoms with Crippen molar-refractivity contribution >= 4 is 11.9 Å². The number of nitrogens with one attached hydrogen (secondary N) is 1. The summed E-state index contributed by atoms with van der Waals surface area (Å²) in [5.41, 5.74) is 2.59. The van der Waals surface area contributed by atoms with E-state index in [0.717, 1.165) is 0 Å². The zero-order valence-corrected chi connectivity index (χ0v) is 15.8. The number of rotatable bonds is 6. The number of likely N-dealkylation sites (N-methyl/N-ethyl adjacent to an activating group) is 1. The summed E-state index contributed by atoms with van der Waals surface area (Å²) in [4.78, 5) is 31.5. The maximum atomic E-state index is 12.8. The molecule has 0 aliphatic carbocycles. The number of carbonyl (C=O) groups is 2. The lowest BCUT2D eigenvalue weighted by Gasteiger charge is -2.29. The summed E-state index contributed by atoms with van der Waals surface area (Å²) in [6, 6.07) is 5.39. The molecule has 1 aliphatic rings. The Morgan fingerprint density at radius 3 is 2.35 bits per heavy atom. The van der Waals surface area contributed by atoms with Gasteiger partial charge >= 0.3 is 11.9 Å². The number of hydrogen-bond acceptors (Lipinski definition) is 7. The highest BCUT2D eigenvalue weighted by Crippen LogP contribution is 2.38. The van der Waals surface area contributed by atoms with Crippen molar-refractivity contribution in [2.24, 2.45) is 0 Å². The Morgan fingerprint density at radius 2 is 1.81 bits per heavy atom. The van der Waals surface area contributed by atoms with Crippen LogP contribution in [-0.4, -0.2) is 56.2 Å². The summed E-state index contributed by atoms with van der Waals surface area (Å²) in [6.07, 6.45) is 1.63. The van der Waals surface area contributed by atoms with Crippen molar-refractivity contribution in [2.45, 2.75) is 19.8 Å². The molecular formula is C19H25N3O4. The third-order valence-corrected chi connectivity index (χ3v) is 4.14. The minimum Gasteiger partial charge on any atom is -0.466 e. The van der Waals surface area contributed by atoms with E-state index in [4.69, 9.17) is 9.47 Å². The van der Waals surface area contributed by atoms with Gasteiger partial charge in [-0.2, -0.15) is 0 Å². The van der Waals surface area contributed by atoms with Crippen LogP contribution >= 0.6 is 0 Å². The molecule has 7 heteroatoms. The molecule has 0 fully saturated rings. The molecule has 26 heavy (non-hydrogen) atoms. The molecule has 1 aromatic heterocycles. The van der Waals surface area contributed by atoms with Gasteiger partial charge in [0.15, 0.2) is 0 Å². The van der Waals surface area contributed by atoms with E-state index >= 15 is 0 Å². The van der Waals surface area contributed by atoms with E-state index in [9.17, 15) is 9.59 Å². The maximum absolute atomic E-state index is 12.8. The van der Waals surface area contributed by atoms with Gasteiger partial charge in [-0.3, -0.25) is 4.98 Å². The molecule has 7 nitrogen and oxygen atoms in total. The standard InChI is InChI=1S/C19H25N3O4/c1-12-15(18(23)25-5)17(14-8-6-7-9-20-14)16(13(2)21-12)19(24)26-11-10-22(3)4/h6-9,17,21H,10-11H2,1-5H3. The zero-order chi connectivity index (χ0) is 19.3. The van der Waals surface area contributed by atoms with Crippen LogP contribution in [0.1, 0.15) is 25.5 Å². The molecule has 1 aliphatic heterocycles. The third kappa shape index (κ3) is 4.29. The lowest BCUT2D eigenvalue weighted by atomic mass is 9.83. The third-order valence-electron chi connectivity index (χ3n) is 4.14. The zero-order valence-electron chi connectivity index (χ0n) is 15.8. The number of nitrogens with zero attached hydrogens (tertiary/aromatic N) is 2. The first kappa shape index (κ1) is 19.7. The van der Waals surface area contributed by atoms with Crippen LogP contribution < -0.4 is 5.32 Å². The number of pyridine rings is 1. The predicted octanol–water partition coefficient (Wildman–Crippen LogP) is 1.59. The summed E-state index contributed by atoms with van der Waals surface area (Å²) >= 11 is 0. The topological polar surface area (TPSA) is 80.8 Å². The molecule has 2 heterocycles. The average molecular weight is 359 g/mol. The predicted molar refractivity (Wildman–Crippen MR) is 97.0 cm³/mol. The summed E-state index contributed by atoms with van der Waals surface area (Å²) in [5, 5.41) is 3.09. The van der Waals surface area contributed by atoms with Gasteiger partial charge in [-0.15, -0.1) is 0 Å². The quantitative estimate of drug-likeness (QED) is 0.773. The minimum atomic E-state index is -0.642. The van der Waals surface area contributed by atoms with Gasteiger partial charge < -0.3 is 19.7 Å². The number of ether oxygens (including phenoxy) is 2. The molecule has 0 amide bonds. The fraction of sp³-hybridized carbons (Fsp3) is 0.421. The first-order valence-electron chi connectivity index (χ1n) is 8.36. The van der Waals surface area contributed by atoms with Crippen LogP contribution in [0.3, 0.4) is 0 Å². The first-order valence-corrected chi connectivity index (χ1v) is 8.36. The number of aromatic nitrogens is 1. The monoisotopic (exact) mass is 359 g/mol. The second-order valence-electron chi connectivity index (χ2n) is 6.32. The largest absolute Gasteiger partial charge is 0.466 e. The molecule has 1 unspecified atom stereocenters. The van der Waals surface area contributed by atoms with Gasteiger partial charge in [0.05, 0.1) is 29.9 Å². The van der Waals surface area contributed by atoms with E-state index in [0.29, 0.717) is 34.8 Å². The van der Waals surface area contributed by atoms with E-state index in [1.165, 1.54) is 7.11 Å². The van der Waals surface area contributed by atoms with Crippen LogP contribution in [0, 0.1) is 0 Å². The Kier molecular flexibility index (Phi) is 6.52. The lowest BCUT2D eigenvalue weighted by molar-refractivity contribution is -0.139. The molecule has 0 spiro atoms. The highest BCUT2D eigenvalue weighted by Gasteiger charge is 2.38. The highest BCUT2D eigenvalue weighted by atomic mass is 16.5. The second-order valence-corrected chi connectivity index (χ2v) is 6.32. The maximum Gasteiger partial charge on any atom is 0.336 e.